The zero-order chi connectivity index (χ0) is 13.8. The SMILES string of the molecule is CCOC(=O)c1c(CN=[N+]=[N-])n(C)c2ccccc12. The molecular formula is C13H14N4O2. The molecule has 6 nitrogen and oxygen atoms in total. The van der Waals surface area contributed by atoms with Gasteiger partial charge in [-0.1, -0.05) is 23.3 Å². The van der Waals surface area contributed by atoms with Crippen LogP contribution in [0.3, 0.4) is 0 Å². The Balaban J connectivity index is 2.68. The molecule has 0 saturated heterocycles. The first-order valence-corrected chi connectivity index (χ1v) is 5.95. The Morgan fingerprint density at radius 2 is 2.21 bits per heavy atom. The fraction of sp³-hybridized carbons (Fsp3) is 0.308. The van der Waals surface area contributed by atoms with E-state index in [1.54, 1.807) is 6.92 Å². The van der Waals surface area contributed by atoms with Crippen LogP contribution in [0.1, 0.15) is 23.0 Å². The van der Waals surface area contributed by atoms with Gasteiger partial charge in [-0.05, 0) is 18.5 Å². The fourth-order valence-electron chi connectivity index (χ4n) is 2.16. The number of esters is 1. The maximum absolute atomic E-state index is 12.1. The summed E-state index contributed by atoms with van der Waals surface area (Å²) in [5, 5.41) is 4.36. The number of hydrogen-bond donors (Lipinski definition) is 0. The van der Waals surface area contributed by atoms with Crippen LogP contribution in [0.5, 0.6) is 0 Å². The Kier molecular flexibility index (Phi) is 3.73. The predicted octanol–water partition coefficient (Wildman–Crippen LogP) is 3.17. The Labute approximate surface area is 110 Å². The van der Waals surface area contributed by atoms with Crippen LogP contribution >= 0.6 is 0 Å². The molecule has 2 rings (SSSR count). The zero-order valence-corrected chi connectivity index (χ0v) is 10.8. The van der Waals surface area contributed by atoms with Crippen molar-refractivity contribution in [3.8, 4) is 0 Å². The highest BCUT2D eigenvalue weighted by atomic mass is 16.5. The molecule has 1 heterocycles. The van der Waals surface area contributed by atoms with E-state index < -0.39 is 0 Å². The number of fused-ring (bicyclic) bond motifs is 1. The Morgan fingerprint density at radius 3 is 2.89 bits per heavy atom. The third-order valence-electron chi connectivity index (χ3n) is 2.99. The largest absolute Gasteiger partial charge is 0.462 e. The quantitative estimate of drug-likeness (QED) is 0.365. The van der Waals surface area contributed by atoms with Crippen LogP contribution < -0.4 is 0 Å². The van der Waals surface area contributed by atoms with E-state index in [4.69, 9.17) is 10.3 Å². The highest BCUT2D eigenvalue weighted by Gasteiger charge is 2.21. The Morgan fingerprint density at radius 1 is 1.47 bits per heavy atom. The van der Waals surface area contributed by atoms with Gasteiger partial charge < -0.3 is 9.30 Å². The Hall–Kier alpha value is -2.46. The molecule has 1 aromatic carbocycles. The number of aryl methyl sites for hydroxylation is 1. The molecular weight excluding hydrogens is 244 g/mol. The number of para-hydroxylation sites is 1. The minimum atomic E-state index is -0.387. The van der Waals surface area contributed by atoms with Gasteiger partial charge >= 0.3 is 5.97 Å². The van der Waals surface area contributed by atoms with E-state index in [1.807, 2.05) is 35.9 Å². The van der Waals surface area contributed by atoms with Gasteiger partial charge in [0.05, 0.1) is 18.7 Å². The molecule has 1 aromatic heterocycles. The summed E-state index contributed by atoms with van der Waals surface area (Å²) >= 11 is 0. The molecule has 0 fully saturated rings. The van der Waals surface area contributed by atoms with E-state index in [9.17, 15) is 4.79 Å². The summed E-state index contributed by atoms with van der Waals surface area (Å²) in [6, 6.07) is 7.54. The van der Waals surface area contributed by atoms with Crippen molar-refractivity contribution in [1.82, 2.24) is 4.57 Å². The van der Waals surface area contributed by atoms with Gasteiger partial charge in [0, 0.05) is 28.6 Å². The second kappa shape index (κ2) is 5.46. The third-order valence-corrected chi connectivity index (χ3v) is 2.99. The number of aromatic nitrogens is 1. The molecule has 0 aliphatic carbocycles. The van der Waals surface area contributed by atoms with Gasteiger partial charge in [0.1, 0.15) is 0 Å². The number of azide groups is 1. The summed E-state index contributed by atoms with van der Waals surface area (Å²) < 4.78 is 6.94. The monoisotopic (exact) mass is 258 g/mol. The average molecular weight is 258 g/mol. The van der Waals surface area contributed by atoms with Crippen LogP contribution in [0.2, 0.25) is 0 Å². The predicted molar refractivity (Wildman–Crippen MR) is 71.7 cm³/mol. The van der Waals surface area contributed by atoms with Crippen LogP contribution in [0, 0.1) is 0 Å². The lowest BCUT2D eigenvalue weighted by atomic mass is 10.1. The van der Waals surface area contributed by atoms with E-state index >= 15 is 0 Å². The standard InChI is InChI=1S/C13H14N4O2/c1-3-19-13(18)12-9-6-4-5-7-10(9)17(2)11(12)8-15-16-14/h4-7H,3,8H2,1-2H3. The van der Waals surface area contributed by atoms with E-state index in [1.165, 1.54) is 0 Å². The minimum absolute atomic E-state index is 0.121. The van der Waals surface area contributed by atoms with E-state index in [-0.39, 0.29) is 12.5 Å². The van der Waals surface area contributed by atoms with Crippen molar-refractivity contribution in [2.75, 3.05) is 6.61 Å². The first-order chi connectivity index (χ1) is 9.20. The highest BCUT2D eigenvalue weighted by Crippen LogP contribution is 2.26. The van der Waals surface area contributed by atoms with Crippen LogP contribution in [-0.4, -0.2) is 17.1 Å². The van der Waals surface area contributed by atoms with Gasteiger partial charge in [-0.3, -0.25) is 0 Å². The summed E-state index contributed by atoms with van der Waals surface area (Å²) in [5.41, 5.74) is 10.5. The molecule has 0 atom stereocenters. The van der Waals surface area contributed by atoms with Crippen molar-refractivity contribution < 1.29 is 9.53 Å². The summed E-state index contributed by atoms with van der Waals surface area (Å²) in [6.45, 7) is 2.19. The molecule has 0 radical (unpaired) electrons. The summed E-state index contributed by atoms with van der Waals surface area (Å²) in [4.78, 5) is 14.8. The van der Waals surface area contributed by atoms with Gasteiger partial charge in [-0.15, -0.1) is 0 Å². The minimum Gasteiger partial charge on any atom is -0.462 e. The van der Waals surface area contributed by atoms with Crippen molar-refractivity contribution in [1.29, 1.82) is 0 Å². The topological polar surface area (TPSA) is 80.0 Å². The average Bonchev–Trinajstić information content (AvgIpc) is 2.70. The molecule has 0 aliphatic rings. The number of carbonyl (C=O) groups is 1. The van der Waals surface area contributed by atoms with Crippen molar-refractivity contribution in [2.45, 2.75) is 13.5 Å². The molecule has 19 heavy (non-hydrogen) atoms. The molecule has 0 aliphatic heterocycles. The number of hydrogen-bond acceptors (Lipinski definition) is 3. The van der Waals surface area contributed by atoms with Crippen LogP contribution in [-0.2, 0) is 18.3 Å². The lowest BCUT2D eigenvalue weighted by molar-refractivity contribution is 0.0527. The smallest absolute Gasteiger partial charge is 0.340 e. The zero-order valence-electron chi connectivity index (χ0n) is 10.8. The van der Waals surface area contributed by atoms with Gasteiger partial charge in [0.15, 0.2) is 0 Å². The summed E-state index contributed by atoms with van der Waals surface area (Å²) in [5.74, 6) is -0.387. The molecule has 0 unspecified atom stereocenters. The van der Waals surface area contributed by atoms with Gasteiger partial charge in [-0.25, -0.2) is 4.79 Å². The molecule has 0 saturated carbocycles. The second-order valence-electron chi connectivity index (χ2n) is 4.01. The summed E-state index contributed by atoms with van der Waals surface area (Å²) in [7, 11) is 1.84. The number of benzene rings is 1. The van der Waals surface area contributed by atoms with Gasteiger partial charge in [0.25, 0.3) is 0 Å². The van der Waals surface area contributed by atoms with Gasteiger partial charge in [0.2, 0.25) is 0 Å². The molecule has 0 amide bonds. The summed E-state index contributed by atoms with van der Waals surface area (Å²) in [6.07, 6.45) is 0. The van der Waals surface area contributed by atoms with Gasteiger partial charge in [-0.2, -0.15) is 0 Å². The lowest BCUT2D eigenvalue weighted by Crippen LogP contribution is -2.08. The number of ether oxygens (including phenoxy) is 1. The maximum atomic E-state index is 12.1. The molecule has 6 heteroatoms. The number of rotatable bonds is 4. The molecule has 2 aromatic rings. The normalized spacial score (nSPS) is 10.2. The highest BCUT2D eigenvalue weighted by molar-refractivity contribution is 6.06. The van der Waals surface area contributed by atoms with Crippen molar-refractivity contribution >= 4 is 16.9 Å². The maximum Gasteiger partial charge on any atom is 0.340 e. The number of carbonyl (C=O) groups excluding carboxylic acids is 1. The Bertz CT molecular complexity index is 669. The number of nitrogens with zero attached hydrogens (tertiary/aromatic N) is 4. The van der Waals surface area contributed by atoms with Crippen LogP contribution in [0.25, 0.3) is 21.3 Å². The third kappa shape index (κ3) is 2.26. The first kappa shape index (κ1) is 13.0. The van der Waals surface area contributed by atoms with E-state index in [0.29, 0.717) is 17.9 Å². The molecule has 0 N–H and O–H groups in total. The van der Waals surface area contributed by atoms with Crippen molar-refractivity contribution in [3.63, 3.8) is 0 Å². The van der Waals surface area contributed by atoms with Crippen LogP contribution in [0.4, 0.5) is 0 Å². The van der Waals surface area contributed by atoms with E-state index in [2.05, 4.69) is 10.0 Å². The lowest BCUT2D eigenvalue weighted by Gasteiger charge is -2.04. The van der Waals surface area contributed by atoms with Crippen molar-refractivity contribution in [2.24, 2.45) is 12.2 Å². The molecule has 0 bridgehead atoms. The molecule has 98 valence electrons. The van der Waals surface area contributed by atoms with Crippen LogP contribution in [0.15, 0.2) is 29.4 Å². The second-order valence-corrected chi connectivity index (χ2v) is 4.01. The van der Waals surface area contributed by atoms with Crippen molar-refractivity contribution in [3.05, 3.63) is 46.0 Å². The van der Waals surface area contributed by atoms with E-state index in [0.717, 1.165) is 10.9 Å². The molecule has 0 spiro atoms. The fourth-order valence-corrected chi connectivity index (χ4v) is 2.16. The first-order valence-electron chi connectivity index (χ1n) is 5.95.